The van der Waals surface area contributed by atoms with Gasteiger partial charge in [-0.2, -0.15) is 0 Å². The van der Waals surface area contributed by atoms with Crippen LogP contribution in [0, 0.1) is 17.3 Å². The summed E-state index contributed by atoms with van der Waals surface area (Å²) < 4.78 is 5.20. The first-order valence-electron chi connectivity index (χ1n) is 7.21. The van der Waals surface area contributed by atoms with Crippen LogP contribution in [0.5, 0.6) is 0 Å². The Morgan fingerprint density at radius 2 is 2.05 bits per heavy atom. The normalized spacial score (nSPS) is 25.9. The van der Waals surface area contributed by atoms with Gasteiger partial charge in [0.2, 0.25) is 0 Å². The number of Topliss-reactive ketones (excluding diaryl/α,β-unsaturated/α-hetero) is 1. The number of hydrogen-bond acceptors (Lipinski definition) is 3. The van der Waals surface area contributed by atoms with Gasteiger partial charge >= 0.3 is 5.97 Å². The standard InChI is InChI=1S/C17H26O3/c1-11(2)16(19)20-13(4)10-14(18)15-12(3)8-7-9-17(15,5)6/h7-8,12-13,15H,1,9-10H2,2-6H3/t12-,13?,15-/m0/s1. The molecule has 0 fully saturated rings. The van der Waals surface area contributed by atoms with Crippen molar-refractivity contribution in [1.29, 1.82) is 0 Å². The first-order chi connectivity index (χ1) is 9.15. The molecule has 20 heavy (non-hydrogen) atoms. The van der Waals surface area contributed by atoms with Gasteiger partial charge in [-0.05, 0) is 31.6 Å². The van der Waals surface area contributed by atoms with Crippen molar-refractivity contribution in [3.05, 3.63) is 24.3 Å². The lowest BCUT2D eigenvalue weighted by atomic mass is 9.65. The minimum Gasteiger partial charge on any atom is -0.459 e. The van der Waals surface area contributed by atoms with Crippen LogP contribution in [-0.2, 0) is 14.3 Å². The molecular formula is C17H26O3. The third-order valence-corrected chi connectivity index (χ3v) is 3.94. The number of esters is 1. The van der Waals surface area contributed by atoms with Crippen LogP contribution in [0.4, 0.5) is 0 Å². The van der Waals surface area contributed by atoms with Crippen molar-refractivity contribution in [1.82, 2.24) is 0 Å². The largest absolute Gasteiger partial charge is 0.459 e. The molecule has 1 aliphatic rings. The third kappa shape index (κ3) is 4.06. The summed E-state index contributed by atoms with van der Waals surface area (Å²) in [6.07, 6.45) is 5.04. The molecular weight excluding hydrogens is 252 g/mol. The lowest BCUT2D eigenvalue weighted by molar-refractivity contribution is -0.145. The maximum absolute atomic E-state index is 12.5. The van der Waals surface area contributed by atoms with Gasteiger partial charge in [-0.1, -0.05) is 39.5 Å². The number of ketones is 1. The predicted octanol–water partition coefficient (Wildman–Crippen LogP) is 3.69. The lowest BCUT2D eigenvalue weighted by Gasteiger charge is -2.39. The number of hydrogen-bond donors (Lipinski definition) is 0. The Labute approximate surface area is 122 Å². The maximum atomic E-state index is 12.5. The Kier molecular flexibility index (Phi) is 5.32. The molecule has 0 radical (unpaired) electrons. The van der Waals surface area contributed by atoms with E-state index in [1.165, 1.54) is 0 Å². The summed E-state index contributed by atoms with van der Waals surface area (Å²) >= 11 is 0. The maximum Gasteiger partial charge on any atom is 0.333 e. The summed E-state index contributed by atoms with van der Waals surface area (Å²) in [7, 11) is 0. The zero-order chi connectivity index (χ0) is 15.5. The molecule has 0 amide bonds. The summed E-state index contributed by atoms with van der Waals surface area (Å²) in [6, 6.07) is 0. The van der Waals surface area contributed by atoms with Crippen molar-refractivity contribution < 1.29 is 14.3 Å². The summed E-state index contributed by atoms with van der Waals surface area (Å²) in [5.41, 5.74) is 0.321. The van der Waals surface area contributed by atoms with Gasteiger partial charge in [0.15, 0.2) is 0 Å². The van der Waals surface area contributed by atoms with Crippen molar-refractivity contribution >= 4 is 11.8 Å². The molecule has 0 bridgehead atoms. The highest BCUT2D eigenvalue weighted by atomic mass is 16.5. The SMILES string of the molecule is C=C(C)C(=O)OC(C)CC(=O)[C@@H]1[C@@H](C)C=CCC1(C)C. The number of carbonyl (C=O) groups excluding carboxylic acids is 2. The van der Waals surface area contributed by atoms with E-state index in [2.05, 4.69) is 39.5 Å². The average Bonchev–Trinajstić information content (AvgIpc) is 2.26. The molecule has 0 N–H and O–H groups in total. The van der Waals surface area contributed by atoms with Gasteiger partial charge < -0.3 is 4.74 Å². The molecule has 0 saturated carbocycles. The number of carbonyl (C=O) groups is 2. The second-order valence-electron chi connectivity index (χ2n) is 6.62. The van der Waals surface area contributed by atoms with Crippen LogP contribution in [0.3, 0.4) is 0 Å². The van der Waals surface area contributed by atoms with E-state index < -0.39 is 12.1 Å². The summed E-state index contributed by atoms with van der Waals surface area (Å²) in [5.74, 6) is -0.0382. The Hall–Kier alpha value is -1.38. The molecule has 3 atom stereocenters. The molecule has 112 valence electrons. The third-order valence-electron chi connectivity index (χ3n) is 3.94. The first kappa shape index (κ1) is 16.7. The van der Waals surface area contributed by atoms with E-state index in [-0.39, 0.29) is 29.5 Å². The van der Waals surface area contributed by atoms with Crippen LogP contribution in [0.1, 0.15) is 47.5 Å². The van der Waals surface area contributed by atoms with E-state index in [0.29, 0.717) is 5.57 Å². The molecule has 0 aromatic heterocycles. The fourth-order valence-electron chi connectivity index (χ4n) is 3.00. The molecule has 1 rings (SSSR count). The van der Waals surface area contributed by atoms with E-state index in [1.807, 2.05) is 0 Å². The van der Waals surface area contributed by atoms with Crippen LogP contribution in [0.2, 0.25) is 0 Å². The lowest BCUT2D eigenvalue weighted by Crippen LogP contribution is -2.38. The number of allylic oxidation sites excluding steroid dienone is 2. The van der Waals surface area contributed by atoms with Gasteiger partial charge in [-0.15, -0.1) is 0 Å². The van der Waals surface area contributed by atoms with E-state index in [1.54, 1.807) is 13.8 Å². The highest BCUT2D eigenvalue weighted by Gasteiger charge is 2.39. The van der Waals surface area contributed by atoms with E-state index >= 15 is 0 Å². The average molecular weight is 278 g/mol. The van der Waals surface area contributed by atoms with Crippen LogP contribution in [0.15, 0.2) is 24.3 Å². The molecule has 0 saturated heterocycles. The van der Waals surface area contributed by atoms with E-state index in [4.69, 9.17) is 4.74 Å². The molecule has 0 aliphatic heterocycles. The zero-order valence-corrected chi connectivity index (χ0v) is 13.2. The van der Waals surface area contributed by atoms with Crippen LogP contribution in [-0.4, -0.2) is 17.9 Å². The molecule has 0 aromatic carbocycles. The Morgan fingerprint density at radius 3 is 2.55 bits per heavy atom. The smallest absolute Gasteiger partial charge is 0.333 e. The highest BCUT2D eigenvalue weighted by molar-refractivity contribution is 5.88. The van der Waals surface area contributed by atoms with E-state index in [9.17, 15) is 9.59 Å². The van der Waals surface area contributed by atoms with Crippen molar-refractivity contribution in [3.63, 3.8) is 0 Å². The summed E-state index contributed by atoms with van der Waals surface area (Å²) in [6.45, 7) is 13.2. The van der Waals surface area contributed by atoms with Crippen molar-refractivity contribution in [2.24, 2.45) is 17.3 Å². The fourth-order valence-corrected chi connectivity index (χ4v) is 3.00. The van der Waals surface area contributed by atoms with Crippen LogP contribution >= 0.6 is 0 Å². The zero-order valence-electron chi connectivity index (χ0n) is 13.2. The van der Waals surface area contributed by atoms with Crippen LogP contribution < -0.4 is 0 Å². The molecule has 0 heterocycles. The molecule has 1 unspecified atom stereocenters. The predicted molar refractivity (Wildman–Crippen MR) is 80.2 cm³/mol. The van der Waals surface area contributed by atoms with E-state index in [0.717, 1.165) is 6.42 Å². The van der Waals surface area contributed by atoms with Crippen molar-refractivity contribution in [2.75, 3.05) is 0 Å². The van der Waals surface area contributed by atoms with Gasteiger partial charge in [0.05, 0.1) is 0 Å². The highest BCUT2D eigenvalue weighted by Crippen LogP contribution is 2.41. The van der Waals surface area contributed by atoms with Crippen molar-refractivity contribution in [3.8, 4) is 0 Å². The van der Waals surface area contributed by atoms with Gasteiger partial charge in [-0.3, -0.25) is 4.79 Å². The topological polar surface area (TPSA) is 43.4 Å². The molecule has 1 aliphatic carbocycles. The van der Waals surface area contributed by atoms with Gasteiger partial charge in [0.25, 0.3) is 0 Å². The van der Waals surface area contributed by atoms with Gasteiger partial charge in [-0.25, -0.2) is 4.79 Å². The molecule has 0 spiro atoms. The second-order valence-corrected chi connectivity index (χ2v) is 6.62. The quantitative estimate of drug-likeness (QED) is 0.437. The Balaban J connectivity index is 2.68. The monoisotopic (exact) mass is 278 g/mol. The minimum absolute atomic E-state index is 0.0153. The van der Waals surface area contributed by atoms with Crippen LogP contribution in [0.25, 0.3) is 0 Å². The molecule has 0 aromatic rings. The summed E-state index contributed by atoms with van der Waals surface area (Å²) in [5, 5.41) is 0. The Morgan fingerprint density at radius 1 is 1.45 bits per heavy atom. The Bertz CT molecular complexity index is 432. The van der Waals surface area contributed by atoms with Gasteiger partial charge in [0, 0.05) is 17.9 Å². The number of rotatable bonds is 5. The fraction of sp³-hybridized carbons (Fsp3) is 0.647. The summed E-state index contributed by atoms with van der Waals surface area (Å²) in [4.78, 5) is 24.0. The second kappa shape index (κ2) is 6.38. The first-order valence-corrected chi connectivity index (χ1v) is 7.21. The molecule has 3 heteroatoms. The van der Waals surface area contributed by atoms with Crippen molar-refractivity contribution in [2.45, 2.75) is 53.6 Å². The molecule has 3 nitrogen and oxygen atoms in total. The van der Waals surface area contributed by atoms with Gasteiger partial charge in [0.1, 0.15) is 11.9 Å². The minimum atomic E-state index is -0.429. The number of ether oxygens (including phenoxy) is 1.